The van der Waals surface area contributed by atoms with E-state index < -0.39 is 78.4 Å². The van der Waals surface area contributed by atoms with Crippen molar-refractivity contribution in [1.82, 2.24) is 0 Å². The van der Waals surface area contributed by atoms with Crippen molar-refractivity contribution in [3.05, 3.63) is 56.7 Å². The Morgan fingerprint density at radius 1 is 0.745 bits per heavy atom. The van der Waals surface area contributed by atoms with E-state index in [1.165, 1.54) is 32.2 Å². The van der Waals surface area contributed by atoms with Crippen LogP contribution >= 0.6 is 0 Å². The number of hydrogen-bond acceptors (Lipinski definition) is 14. The summed E-state index contributed by atoms with van der Waals surface area (Å²) in [4.78, 5) is 26.7. The molecule has 4 heterocycles. The lowest BCUT2D eigenvalue weighted by Gasteiger charge is -2.46. The third-order valence-electron chi connectivity index (χ3n) is 9.29. The smallest absolute Gasteiger partial charge is 0.348 e. The van der Waals surface area contributed by atoms with E-state index in [4.69, 9.17) is 32.5 Å². The first-order chi connectivity index (χ1) is 22.5. The van der Waals surface area contributed by atoms with Gasteiger partial charge in [0, 0.05) is 23.3 Å². The van der Waals surface area contributed by atoms with E-state index in [1.54, 1.807) is 19.1 Å². The quantitative estimate of drug-likeness (QED) is 0.100. The Balaban J connectivity index is 1.39. The van der Waals surface area contributed by atoms with E-state index in [1.807, 2.05) is 6.92 Å². The van der Waals surface area contributed by atoms with Crippen LogP contribution in [0.15, 0.2) is 48.8 Å². The van der Waals surface area contributed by atoms with Gasteiger partial charge in [0.05, 0.1) is 23.0 Å². The molecule has 5 aromatic rings. The molecule has 2 aromatic heterocycles. The minimum absolute atomic E-state index is 0.0112. The molecule has 10 atom stereocenters. The number of benzene rings is 3. The second-order valence-corrected chi connectivity index (χ2v) is 12.0. The number of aliphatic hydroxyl groups excluding tert-OH is 4. The van der Waals surface area contributed by atoms with Crippen LogP contribution in [0.3, 0.4) is 0 Å². The van der Waals surface area contributed by atoms with Crippen molar-refractivity contribution in [3.8, 4) is 11.5 Å². The second-order valence-electron chi connectivity index (χ2n) is 12.0. The van der Waals surface area contributed by atoms with Crippen LogP contribution in [-0.4, -0.2) is 94.1 Å². The largest absolute Gasteiger partial charge is 0.506 e. The maximum atomic E-state index is 13.5. The first-order valence-corrected chi connectivity index (χ1v) is 15.3. The third-order valence-corrected chi connectivity index (χ3v) is 9.29. The average molecular weight is 655 g/mol. The van der Waals surface area contributed by atoms with Gasteiger partial charge in [0.25, 0.3) is 0 Å². The van der Waals surface area contributed by atoms with Gasteiger partial charge in [-0.05, 0) is 38.0 Å². The zero-order valence-corrected chi connectivity index (χ0v) is 25.8. The summed E-state index contributed by atoms with van der Waals surface area (Å²) >= 11 is 0. The van der Waals surface area contributed by atoms with E-state index in [0.717, 1.165) is 0 Å². The zero-order chi connectivity index (χ0) is 33.5. The SMILES string of the molecule is CCc1ccc2oc(=O)c3c(O)c4cccc(O[C@@H]5O[C@H](C)[C@H](O)[C@H](O)[C@H]5O[C@@H]5O[C@@H](C)[C@@H](O)[C@@H](OC)[C@@H]5O)c4c4oc(=O)c1c2c34. The summed E-state index contributed by atoms with van der Waals surface area (Å²) in [6, 6.07) is 7.80. The van der Waals surface area contributed by atoms with Crippen LogP contribution in [0.4, 0.5) is 0 Å². The summed E-state index contributed by atoms with van der Waals surface area (Å²) in [5.41, 5.74) is -0.770. The van der Waals surface area contributed by atoms with Crippen molar-refractivity contribution in [1.29, 1.82) is 0 Å². The van der Waals surface area contributed by atoms with Gasteiger partial charge in [-0.1, -0.05) is 25.1 Å². The Hall–Kier alpha value is -3.86. The minimum atomic E-state index is -1.60. The van der Waals surface area contributed by atoms with Crippen molar-refractivity contribution in [2.24, 2.45) is 0 Å². The van der Waals surface area contributed by atoms with Gasteiger partial charge < -0.3 is 58.1 Å². The average Bonchev–Trinajstić information content (AvgIpc) is 3.05. The molecule has 0 aliphatic carbocycles. The molecule has 2 saturated heterocycles. The summed E-state index contributed by atoms with van der Waals surface area (Å²) in [6.45, 7) is 4.93. The summed E-state index contributed by atoms with van der Waals surface area (Å²) in [5, 5.41) is 55.3. The predicted molar refractivity (Wildman–Crippen MR) is 165 cm³/mol. The summed E-state index contributed by atoms with van der Waals surface area (Å²) in [6.07, 6.45) is -12.5. The normalized spacial score (nSPS) is 31.7. The third kappa shape index (κ3) is 4.78. The lowest BCUT2D eigenvalue weighted by Crippen LogP contribution is -2.64. The highest BCUT2D eigenvalue weighted by Crippen LogP contribution is 2.45. The fourth-order valence-electron chi connectivity index (χ4n) is 6.78. The molecule has 2 aliphatic heterocycles. The van der Waals surface area contributed by atoms with Gasteiger partial charge in [-0.25, -0.2) is 9.59 Å². The lowest BCUT2D eigenvalue weighted by atomic mass is 9.95. The molecule has 0 saturated carbocycles. The van der Waals surface area contributed by atoms with E-state index in [-0.39, 0.29) is 43.8 Å². The van der Waals surface area contributed by atoms with Crippen molar-refractivity contribution in [3.63, 3.8) is 0 Å². The monoisotopic (exact) mass is 654 g/mol. The maximum Gasteiger partial charge on any atom is 0.348 e. The van der Waals surface area contributed by atoms with Gasteiger partial charge in [-0.15, -0.1) is 0 Å². The highest BCUT2D eigenvalue weighted by Gasteiger charge is 2.50. The molecular formula is C33H34O14. The molecule has 14 heteroatoms. The lowest BCUT2D eigenvalue weighted by molar-refractivity contribution is -0.353. The zero-order valence-electron chi connectivity index (χ0n) is 25.8. The Kier molecular flexibility index (Phi) is 7.88. The first kappa shape index (κ1) is 31.7. The van der Waals surface area contributed by atoms with E-state index in [9.17, 15) is 35.1 Å². The van der Waals surface area contributed by atoms with Gasteiger partial charge in [0.1, 0.15) is 53.0 Å². The first-order valence-electron chi connectivity index (χ1n) is 15.3. The molecular weight excluding hydrogens is 620 g/mol. The Bertz CT molecular complexity index is 2090. The van der Waals surface area contributed by atoms with Crippen molar-refractivity contribution < 1.29 is 58.1 Å². The van der Waals surface area contributed by atoms with Gasteiger partial charge in [-0.2, -0.15) is 0 Å². The van der Waals surface area contributed by atoms with Crippen molar-refractivity contribution >= 4 is 43.5 Å². The number of aryl methyl sites for hydroxylation is 1. The number of phenolic OH excluding ortho intramolecular Hbond substituents is 1. The summed E-state index contributed by atoms with van der Waals surface area (Å²) in [5.74, 6) is -0.416. The number of hydrogen-bond donors (Lipinski definition) is 5. The number of ether oxygens (including phenoxy) is 5. The molecule has 2 fully saturated rings. The van der Waals surface area contributed by atoms with Gasteiger partial charge in [-0.3, -0.25) is 0 Å². The molecule has 0 bridgehead atoms. The van der Waals surface area contributed by atoms with Crippen molar-refractivity contribution in [2.45, 2.75) is 88.6 Å². The van der Waals surface area contributed by atoms with Crippen LogP contribution in [-0.2, 0) is 25.4 Å². The molecule has 0 unspecified atom stereocenters. The number of fused-ring (bicyclic) bond motifs is 2. The van der Waals surface area contributed by atoms with Gasteiger partial charge in [0.2, 0.25) is 6.29 Å². The van der Waals surface area contributed by atoms with Crippen molar-refractivity contribution in [2.75, 3.05) is 7.11 Å². The van der Waals surface area contributed by atoms with E-state index in [0.29, 0.717) is 17.4 Å². The van der Waals surface area contributed by atoms with Crippen LogP contribution in [0.1, 0.15) is 26.3 Å². The number of methoxy groups -OCH3 is 1. The highest BCUT2D eigenvalue weighted by molar-refractivity contribution is 6.28. The van der Waals surface area contributed by atoms with Crippen LogP contribution in [0.25, 0.3) is 43.5 Å². The number of phenols is 1. The molecule has 3 aromatic carbocycles. The molecule has 5 N–H and O–H groups in total. The minimum Gasteiger partial charge on any atom is -0.506 e. The molecule has 0 spiro atoms. The molecule has 47 heavy (non-hydrogen) atoms. The van der Waals surface area contributed by atoms with E-state index in [2.05, 4.69) is 0 Å². The van der Waals surface area contributed by atoms with Crippen LogP contribution in [0.2, 0.25) is 0 Å². The molecule has 0 amide bonds. The number of aliphatic hydroxyl groups is 4. The fourth-order valence-corrected chi connectivity index (χ4v) is 6.78. The molecule has 2 aliphatic rings. The Morgan fingerprint density at radius 2 is 1.45 bits per heavy atom. The molecule has 0 radical (unpaired) electrons. The Labute approximate surface area is 265 Å². The van der Waals surface area contributed by atoms with Crippen LogP contribution < -0.4 is 16.0 Å². The molecule has 14 nitrogen and oxygen atoms in total. The topological polar surface area (TPSA) is 208 Å². The van der Waals surface area contributed by atoms with E-state index >= 15 is 0 Å². The molecule has 250 valence electrons. The number of aromatic hydroxyl groups is 1. The molecule has 7 rings (SSSR count). The summed E-state index contributed by atoms with van der Waals surface area (Å²) in [7, 11) is 1.31. The second kappa shape index (κ2) is 11.7. The highest BCUT2D eigenvalue weighted by atomic mass is 16.8. The summed E-state index contributed by atoms with van der Waals surface area (Å²) < 4.78 is 40.6. The standard InChI is InChI=1S/C33H34O14/c1-5-13-9-10-16-19-17(13)30(39)46-27-18-14(24(36)21(20(19)27)31(40)44-16)7-6-8-15(18)45-33-29(25(37)22(34)11(2)43-33)47-32-26(38)28(41-4)23(35)12(3)42-32/h6-12,22-23,25-26,28-29,32-38H,5H2,1-4H3/t11-,12+,22+,23-,25+,26+,28-,29-,32+,33+/m1/s1. The van der Waals surface area contributed by atoms with Gasteiger partial charge >= 0.3 is 11.3 Å². The fraction of sp³-hybridized carbons (Fsp3) is 0.455. The number of rotatable bonds is 6. The maximum absolute atomic E-state index is 13.5. The van der Waals surface area contributed by atoms with Crippen LogP contribution in [0.5, 0.6) is 11.5 Å². The van der Waals surface area contributed by atoms with Gasteiger partial charge in [0.15, 0.2) is 18.0 Å². The predicted octanol–water partition coefficient (Wildman–Crippen LogP) is 1.62. The van der Waals surface area contributed by atoms with Crippen LogP contribution in [0, 0.1) is 0 Å². The Morgan fingerprint density at radius 3 is 2.17 bits per heavy atom.